The van der Waals surface area contributed by atoms with E-state index in [0.717, 1.165) is 50.6 Å². The van der Waals surface area contributed by atoms with Crippen molar-refractivity contribution in [1.82, 2.24) is 5.32 Å². The number of carbonyl (C=O) groups excluding carboxylic acids is 2. The average Bonchev–Trinajstić information content (AvgIpc) is 2.59. The van der Waals surface area contributed by atoms with Crippen molar-refractivity contribution in [2.24, 2.45) is 0 Å². The minimum atomic E-state index is -0.0704. The number of hydrogen-bond donors (Lipinski definition) is 3. The second-order valence-electron chi connectivity index (χ2n) is 6.40. The standard InChI is InChI=1S/C20H31N3O2S/c1-3-5-7-9-14-19(25)23-20(26)22-17-12-10-11-16(15-17)21-18(24)13-8-6-4-2/h10-12,15H,3-9,13-14H2,1-2H3,(H,21,24)(H2,22,23,25,26). The van der Waals surface area contributed by atoms with E-state index < -0.39 is 0 Å². The minimum absolute atomic E-state index is 0.0126. The maximum atomic E-state index is 11.9. The van der Waals surface area contributed by atoms with Crippen LogP contribution in [0.3, 0.4) is 0 Å². The first-order valence-electron chi connectivity index (χ1n) is 9.56. The van der Waals surface area contributed by atoms with Gasteiger partial charge in [-0.25, -0.2) is 0 Å². The second-order valence-corrected chi connectivity index (χ2v) is 6.81. The van der Waals surface area contributed by atoms with Crippen molar-refractivity contribution in [3.05, 3.63) is 24.3 Å². The summed E-state index contributed by atoms with van der Waals surface area (Å²) < 4.78 is 0. The van der Waals surface area contributed by atoms with Crippen LogP contribution in [0.25, 0.3) is 0 Å². The Balaban J connectivity index is 2.41. The van der Waals surface area contributed by atoms with Crippen LogP contribution in [0.4, 0.5) is 11.4 Å². The van der Waals surface area contributed by atoms with Gasteiger partial charge in [-0.05, 0) is 43.3 Å². The van der Waals surface area contributed by atoms with E-state index in [2.05, 4.69) is 29.8 Å². The van der Waals surface area contributed by atoms with E-state index in [-0.39, 0.29) is 16.9 Å². The largest absolute Gasteiger partial charge is 0.332 e. The van der Waals surface area contributed by atoms with Crippen LogP contribution in [0.1, 0.15) is 71.6 Å². The van der Waals surface area contributed by atoms with Crippen molar-refractivity contribution in [3.63, 3.8) is 0 Å². The SMILES string of the molecule is CCCCCCC(=O)NC(=S)Nc1cccc(NC(=O)CCCCC)c1. The number of hydrogen-bond acceptors (Lipinski definition) is 3. The van der Waals surface area contributed by atoms with Crippen LogP contribution in [0.2, 0.25) is 0 Å². The fourth-order valence-corrected chi connectivity index (χ4v) is 2.73. The second kappa shape index (κ2) is 13.3. The summed E-state index contributed by atoms with van der Waals surface area (Å²) >= 11 is 5.19. The van der Waals surface area contributed by atoms with Crippen molar-refractivity contribution in [2.75, 3.05) is 10.6 Å². The summed E-state index contributed by atoms with van der Waals surface area (Å²) in [7, 11) is 0. The molecule has 0 aliphatic rings. The highest BCUT2D eigenvalue weighted by molar-refractivity contribution is 7.80. The summed E-state index contributed by atoms with van der Waals surface area (Å²) in [5.74, 6) is -0.0578. The molecule has 5 nitrogen and oxygen atoms in total. The molecule has 0 unspecified atom stereocenters. The van der Waals surface area contributed by atoms with Crippen LogP contribution in [0, 0.1) is 0 Å². The van der Waals surface area contributed by atoms with E-state index in [0.29, 0.717) is 18.5 Å². The topological polar surface area (TPSA) is 70.2 Å². The molecular weight excluding hydrogens is 346 g/mol. The Hall–Kier alpha value is -1.95. The van der Waals surface area contributed by atoms with Gasteiger partial charge in [-0.15, -0.1) is 0 Å². The van der Waals surface area contributed by atoms with Crippen molar-refractivity contribution in [2.45, 2.75) is 71.6 Å². The molecule has 1 aromatic rings. The molecule has 26 heavy (non-hydrogen) atoms. The van der Waals surface area contributed by atoms with Gasteiger partial charge >= 0.3 is 0 Å². The Kier molecular flexibility index (Phi) is 11.3. The number of carbonyl (C=O) groups is 2. The third-order valence-corrected chi connectivity index (χ3v) is 4.13. The Morgan fingerprint density at radius 1 is 0.846 bits per heavy atom. The molecule has 0 aliphatic carbocycles. The number of unbranched alkanes of at least 4 members (excludes halogenated alkanes) is 5. The summed E-state index contributed by atoms with van der Waals surface area (Å²) in [5, 5.41) is 8.84. The number of anilines is 2. The predicted molar refractivity (Wildman–Crippen MR) is 112 cm³/mol. The zero-order valence-corrected chi connectivity index (χ0v) is 16.7. The normalized spacial score (nSPS) is 10.2. The molecule has 0 heterocycles. The fourth-order valence-electron chi connectivity index (χ4n) is 2.50. The molecule has 0 aliphatic heterocycles. The zero-order chi connectivity index (χ0) is 19.2. The first kappa shape index (κ1) is 22.1. The minimum Gasteiger partial charge on any atom is -0.332 e. The molecular formula is C20H31N3O2S. The van der Waals surface area contributed by atoms with Crippen LogP contribution >= 0.6 is 12.2 Å². The lowest BCUT2D eigenvalue weighted by Crippen LogP contribution is -2.33. The predicted octanol–water partition coefficient (Wildman–Crippen LogP) is 4.99. The number of benzene rings is 1. The molecule has 144 valence electrons. The first-order chi connectivity index (χ1) is 12.5. The van der Waals surface area contributed by atoms with Crippen LogP contribution in [0.5, 0.6) is 0 Å². The average molecular weight is 378 g/mol. The van der Waals surface area contributed by atoms with Gasteiger partial charge < -0.3 is 16.0 Å². The molecule has 0 saturated heterocycles. The van der Waals surface area contributed by atoms with Crippen LogP contribution in [0.15, 0.2) is 24.3 Å². The maximum absolute atomic E-state index is 11.9. The van der Waals surface area contributed by atoms with Crippen LogP contribution < -0.4 is 16.0 Å². The quantitative estimate of drug-likeness (QED) is 0.375. The Labute approximate surface area is 162 Å². The zero-order valence-electron chi connectivity index (χ0n) is 15.9. The van der Waals surface area contributed by atoms with E-state index in [1.165, 1.54) is 0 Å². The van der Waals surface area contributed by atoms with Gasteiger partial charge in [-0.1, -0.05) is 52.0 Å². The van der Waals surface area contributed by atoms with Gasteiger partial charge in [0, 0.05) is 24.2 Å². The Morgan fingerprint density at radius 3 is 2.12 bits per heavy atom. The molecule has 1 rings (SSSR count). The lowest BCUT2D eigenvalue weighted by molar-refractivity contribution is -0.119. The fraction of sp³-hybridized carbons (Fsp3) is 0.550. The molecule has 0 fully saturated rings. The summed E-state index contributed by atoms with van der Waals surface area (Å²) in [6.07, 6.45) is 8.28. The van der Waals surface area contributed by atoms with Gasteiger partial charge in [0.25, 0.3) is 0 Å². The lowest BCUT2D eigenvalue weighted by atomic mass is 10.1. The summed E-state index contributed by atoms with van der Waals surface area (Å²) in [6.45, 7) is 4.25. The highest BCUT2D eigenvalue weighted by Gasteiger charge is 2.06. The molecule has 0 radical (unpaired) electrons. The van der Waals surface area contributed by atoms with Crippen molar-refractivity contribution >= 4 is 40.5 Å². The third kappa shape index (κ3) is 10.1. The number of thiocarbonyl (C=S) groups is 1. The molecule has 0 spiro atoms. The summed E-state index contributed by atoms with van der Waals surface area (Å²) in [6, 6.07) is 7.31. The Morgan fingerprint density at radius 2 is 1.42 bits per heavy atom. The van der Waals surface area contributed by atoms with E-state index >= 15 is 0 Å². The molecule has 3 N–H and O–H groups in total. The smallest absolute Gasteiger partial charge is 0.226 e. The number of amides is 2. The highest BCUT2D eigenvalue weighted by Crippen LogP contribution is 2.16. The van der Waals surface area contributed by atoms with E-state index in [4.69, 9.17) is 12.2 Å². The third-order valence-electron chi connectivity index (χ3n) is 3.92. The van der Waals surface area contributed by atoms with Gasteiger partial charge in [-0.3, -0.25) is 9.59 Å². The van der Waals surface area contributed by atoms with Gasteiger partial charge in [0.1, 0.15) is 0 Å². The molecule has 0 bridgehead atoms. The van der Waals surface area contributed by atoms with Crippen molar-refractivity contribution in [1.29, 1.82) is 0 Å². The molecule has 0 saturated carbocycles. The molecule has 1 aromatic carbocycles. The van der Waals surface area contributed by atoms with E-state index in [1.807, 2.05) is 18.2 Å². The van der Waals surface area contributed by atoms with Gasteiger partial charge in [-0.2, -0.15) is 0 Å². The Bertz CT molecular complexity index is 590. The molecule has 0 atom stereocenters. The number of rotatable bonds is 11. The highest BCUT2D eigenvalue weighted by atomic mass is 32.1. The summed E-state index contributed by atoms with van der Waals surface area (Å²) in [4.78, 5) is 23.7. The van der Waals surface area contributed by atoms with Crippen LogP contribution in [-0.4, -0.2) is 16.9 Å². The maximum Gasteiger partial charge on any atom is 0.226 e. The number of nitrogens with one attached hydrogen (secondary N) is 3. The van der Waals surface area contributed by atoms with Crippen molar-refractivity contribution < 1.29 is 9.59 Å². The monoisotopic (exact) mass is 377 g/mol. The van der Waals surface area contributed by atoms with Crippen molar-refractivity contribution in [3.8, 4) is 0 Å². The summed E-state index contributed by atoms with van der Waals surface area (Å²) in [5.41, 5.74) is 1.44. The molecule has 2 amide bonds. The van der Waals surface area contributed by atoms with E-state index in [9.17, 15) is 9.59 Å². The van der Waals surface area contributed by atoms with Gasteiger partial charge in [0.15, 0.2) is 5.11 Å². The van der Waals surface area contributed by atoms with Gasteiger partial charge in [0.2, 0.25) is 11.8 Å². The lowest BCUT2D eigenvalue weighted by Gasteiger charge is -2.11. The molecule has 0 aromatic heterocycles. The van der Waals surface area contributed by atoms with Crippen LogP contribution in [-0.2, 0) is 9.59 Å². The van der Waals surface area contributed by atoms with Gasteiger partial charge in [0.05, 0.1) is 0 Å². The molecule has 6 heteroatoms. The van der Waals surface area contributed by atoms with E-state index in [1.54, 1.807) is 6.07 Å². The first-order valence-corrected chi connectivity index (χ1v) is 9.96.